The van der Waals surface area contributed by atoms with Crippen LogP contribution >= 0.6 is 0 Å². The van der Waals surface area contributed by atoms with Gasteiger partial charge in [0.15, 0.2) is 0 Å². The topological polar surface area (TPSA) is 52.9 Å². The second-order valence-corrected chi connectivity index (χ2v) is 8.35. The van der Waals surface area contributed by atoms with E-state index in [0.717, 1.165) is 29.1 Å². The number of hydrazone groups is 1. The number of nitrogens with zero attached hydrogens (tertiary/aromatic N) is 4. The third-order valence-corrected chi connectivity index (χ3v) is 6.09. The molecule has 0 saturated carbocycles. The van der Waals surface area contributed by atoms with Crippen molar-refractivity contribution in [1.29, 1.82) is 0 Å². The number of rotatable bonds is 4. The Hall–Kier alpha value is -3.42. The van der Waals surface area contributed by atoms with Gasteiger partial charge in [-0.05, 0) is 48.6 Å². The number of aromatic nitrogens is 1. The van der Waals surface area contributed by atoms with Gasteiger partial charge in [0, 0.05) is 48.3 Å². The maximum Gasteiger partial charge on any atom is 0.148 e. The lowest BCUT2D eigenvalue weighted by Crippen LogP contribution is -2.48. The average Bonchev–Trinajstić information content (AvgIpc) is 3.28. The normalized spacial score (nSPS) is 22.8. The summed E-state index contributed by atoms with van der Waals surface area (Å²) in [5.74, 6) is -0.710. The van der Waals surface area contributed by atoms with Crippen molar-refractivity contribution in [1.82, 2.24) is 15.3 Å². The zero-order chi connectivity index (χ0) is 22.4. The highest BCUT2D eigenvalue weighted by Crippen LogP contribution is 2.37. The van der Waals surface area contributed by atoms with E-state index in [9.17, 15) is 13.2 Å². The minimum absolute atomic E-state index is 0.128. The fraction of sp³-hybridized carbons (Fsp3) is 0.292. The molecule has 5 rings (SSSR count). The first-order valence-corrected chi connectivity index (χ1v) is 10.5. The average molecular weight is 437 g/mol. The Kier molecular flexibility index (Phi) is 5.07. The van der Waals surface area contributed by atoms with Crippen LogP contribution < -0.4 is 5.32 Å². The molecule has 0 radical (unpaired) electrons. The summed E-state index contributed by atoms with van der Waals surface area (Å²) in [7, 11) is 0. The minimum atomic E-state index is -0.572. The van der Waals surface area contributed by atoms with E-state index in [-0.39, 0.29) is 12.1 Å². The molecule has 2 atom stereocenters. The van der Waals surface area contributed by atoms with Crippen molar-refractivity contribution in [2.24, 2.45) is 16.0 Å². The molecule has 32 heavy (non-hydrogen) atoms. The lowest BCUT2D eigenvalue weighted by molar-refractivity contribution is 0.290. The number of benzene rings is 1. The van der Waals surface area contributed by atoms with Gasteiger partial charge in [-0.25, -0.2) is 18.2 Å². The van der Waals surface area contributed by atoms with Crippen molar-refractivity contribution in [2.75, 3.05) is 6.54 Å². The maximum absolute atomic E-state index is 14.2. The van der Waals surface area contributed by atoms with Crippen molar-refractivity contribution < 1.29 is 13.2 Å². The van der Waals surface area contributed by atoms with Crippen LogP contribution in [-0.2, 0) is 6.42 Å². The molecule has 5 nitrogen and oxygen atoms in total. The molecule has 2 unspecified atom stereocenters. The third-order valence-electron chi connectivity index (χ3n) is 6.09. The molecule has 0 saturated heterocycles. The van der Waals surface area contributed by atoms with E-state index in [1.165, 1.54) is 12.1 Å². The first-order chi connectivity index (χ1) is 15.4. The second-order valence-electron chi connectivity index (χ2n) is 8.35. The van der Waals surface area contributed by atoms with Crippen molar-refractivity contribution >= 4 is 23.3 Å². The lowest BCUT2D eigenvalue weighted by atomic mass is 10.0. The molecule has 0 spiro atoms. The maximum atomic E-state index is 14.2. The molecule has 8 heteroatoms. The van der Waals surface area contributed by atoms with Crippen LogP contribution in [-0.4, -0.2) is 34.8 Å². The van der Waals surface area contributed by atoms with Gasteiger partial charge in [-0.1, -0.05) is 12.5 Å². The number of allylic oxidation sites excluding steroid dienone is 1. The van der Waals surface area contributed by atoms with E-state index < -0.39 is 17.5 Å². The molecular weight excluding hydrogens is 415 g/mol. The van der Waals surface area contributed by atoms with E-state index in [1.807, 2.05) is 31.1 Å². The molecule has 0 fully saturated rings. The standard InChI is InChI=1S/C24H22F3N5/c1-13-5-20-19(7-16(25)8-21(20)27)18(13)3-4-29-23-9-22(15-6-17(26)12-28-11-15)31-24-14(2)10-30-32(23)24/h6-12,14,24,31H,3-5H2,1-2H3. The van der Waals surface area contributed by atoms with E-state index in [1.54, 1.807) is 6.20 Å². The molecule has 0 amide bonds. The molecule has 1 aliphatic carbocycles. The van der Waals surface area contributed by atoms with Crippen LogP contribution in [0.25, 0.3) is 11.3 Å². The number of pyridine rings is 1. The van der Waals surface area contributed by atoms with E-state index >= 15 is 0 Å². The molecule has 1 aromatic heterocycles. The predicted molar refractivity (Wildman–Crippen MR) is 118 cm³/mol. The Balaban J connectivity index is 1.42. The summed E-state index contributed by atoms with van der Waals surface area (Å²) < 4.78 is 41.7. The first-order valence-electron chi connectivity index (χ1n) is 10.5. The highest BCUT2D eigenvalue weighted by Gasteiger charge is 2.34. The van der Waals surface area contributed by atoms with E-state index in [4.69, 9.17) is 4.99 Å². The largest absolute Gasteiger partial charge is 0.363 e. The van der Waals surface area contributed by atoms with Crippen molar-refractivity contribution in [2.45, 2.75) is 32.9 Å². The quantitative estimate of drug-likeness (QED) is 0.765. The van der Waals surface area contributed by atoms with Gasteiger partial charge < -0.3 is 5.32 Å². The smallest absolute Gasteiger partial charge is 0.148 e. The Bertz CT molecular complexity index is 1210. The molecule has 2 aromatic rings. The Morgan fingerprint density at radius 3 is 2.81 bits per heavy atom. The number of nitrogens with one attached hydrogen (secondary N) is 1. The number of fused-ring (bicyclic) bond motifs is 2. The zero-order valence-corrected chi connectivity index (χ0v) is 17.7. The van der Waals surface area contributed by atoms with Gasteiger partial charge >= 0.3 is 0 Å². The molecular formula is C24H22F3N5. The molecule has 164 valence electrons. The van der Waals surface area contributed by atoms with Crippen LogP contribution in [0.1, 0.15) is 37.0 Å². The van der Waals surface area contributed by atoms with Gasteiger partial charge in [-0.2, -0.15) is 5.10 Å². The molecule has 3 heterocycles. The molecule has 2 aliphatic heterocycles. The summed E-state index contributed by atoms with van der Waals surface area (Å²) in [6.45, 7) is 4.41. The number of amidine groups is 1. The Labute approximate surface area is 184 Å². The number of hydrogen-bond donors (Lipinski definition) is 1. The number of aliphatic imine (C=N–C) groups is 1. The van der Waals surface area contributed by atoms with Crippen LogP contribution in [0.4, 0.5) is 13.2 Å². The van der Waals surface area contributed by atoms with Gasteiger partial charge in [-0.15, -0.1) is 0 Å². The van der Waals surface area contributed by atoms with Gasteiger partial charge in [-0.3, -0.25) is 9.98 Å². The van der Waals surface area contributed by atoms with Crippen LogP contribution in [0.5, 0.6) is 0 Å². The van der Waals surface area contributed by atoms with Crippen molar-refractivity contribution in [3.05, 3.63) is 76.4 Å². The summed E-state index contributed by atoms with van der Waals surface area (Å²) in [6.07, 6.45) is 7.35. The fourth-order valence-corrected chi connectivity index (χ4v) is 4.47. The second kappa shape index (κ2) is 7.93. The molecule has 1 N–H and O–H groups in total. The van der Waals surface area contributed by atoms with Crippen LogP contribution in [0.3, 0.4) is 0 Å². The van der Waals surface area contributed by atoms with Gasteiger partial charge in [0.05, 0.1) is 6.20 Å². The van der Waals surface area contributed by atoms with Gasteiger partial charge in [0.1, 0.15) is 29.5 Å². The van der Waals surface area contributed by atoms with Crippen molar-refractivity contribution in [3.63, 3.8) is 0 Å². The zero-order valence-electron chi connectivity index (χ0n) is 17.7. The van der Waals surface area contributed by atoms with Crippen LogP contribution in [0.15, 0.2) is 52.3 Å². The molecule has 3 aliphatic rings. The monoisotopic (exact) mass is 437 g/mol. The van der Waals surface area contributed by atoms with Gasteiger partial charge in [0.25, 0.3) is 0 Å². The summed E-state index contributed by atoms with van der Waals surface area (Å²) in [6, 6.07) is 3.76. The first kappa shape index (κ1) is 20.5. The van der Waals surface area contributed by atoms with Crippen LogP contribution in [0.2, 0.25) is 0 Å². The Morgan fingerprint density at radius 2 is 2.00 bits per heavy atom. The number of halogens is 3. The fourth-order valence-electron chi connectivity index (χ4n) is 4.47. The summed E-state index contributed by atoms with van der Waals surface area (Å²) >= 11 is 0. The summed E-state index contributed by atoms with van der Waals surface area (Å²) in [5.41, 5.74) is 4.50. The SMILES string of the molecule is CC1=C(CCN=C2C=C(c3cncc(F)c3)NC3C(C)C=NN23)c2cc(F)cc(F)c2C1. The minimum Gasteiger partial charge on any atom is -0.363 e. The highest BCUT2D eigenvalue weighted by atomic mass is 19.1. The summed E-state index contributed by atoms with van der Waals surface area (Å²) in [4.78, 5) is 8.69. The third kappa shape index (κ3) is 3.59. The lowest BCUT2D eigenvalue weighted by Gasteiger charge is -2.33. The summed E-state index contributed by atoms with van der Waals surface area (Å²) in [5, 5.41) is 9.65. The van der Waals surface area contributed by atoms with Crippen LogP contribution in [0, 0.1) is 23.4 Å². The molecule has 1 aromatic carbocycles. The number of hydrogen-bond acceptors (Lipinski definition) is 4. The van der Waals surface area contributed by atoms with Gasteiger partial charge in [0.2, 0.25) is 0 Å². The Morgan fingerprint density at radius 1 is 1.16 bits per heavy atom. The van der Waals surface area contributed by atoms with E-state index in [2.05, 4.69) is 15.4 Å². The van der Waals surface area contributed by atoms with E-state index in [0.29, 0.717) is 41.9 Å². The highest BCUT2D eigenvalue weighted by molar-refractivity contribution is 6.01. The molecule has 0 bridgehead atoms. The van der Waals surface area contributed by atoms with Crippen molar-refractivity contribution in [3.8, 4) is 0 Å². The predicted octanol–water partition coefficient (Wildman–Crippen LogP) is 4.53.